The number of nitrogens with zero attached hydrogens (tertiary/aromatic N) is 2. The first-order valence-corrected chi connectivity index (χ1v) is 6.07. The van der Waals surface area contributed by atoms with Crippen molar-refractivity contribution in [2.45, 2.75) is 31.8 Å². The van der Waals surface area contributed by atoms with Crippen LogP contribution in [0, 0.1) is 3.57 Å². The number of methoxy groups -OCH3 is 1. The Kier molecular flexibility index (Phi) is 3.11. The lowest BCUT2D eigenvalue weighted by Gasteiger charge is -2.12. The fourth-order valence-electron chi connectivity index (χ4n) is 1.42. The van der Waals surface area contributed by atoms with Gasteiger partial charge in [0.15, 0.2) is 5.82 Å². The minimum absolute atomic E-state index is 0.0956. The molecule has 0 bridgehead atoms. The molecule has 1 aromatic rings. The Morgan fingerprint density at radius 2 is 2.13 bits per heavy atom. The average molecular weight is 319 g/mol. The van der Waals surface area contributed by atoms with Crippen LogP contribution in [0.5, 0.6) is 0 Å². The Morgan fingerprint density at radius 1 is 1.47 bits per heavy atom. The van der Waals surface area contributed by atoms with Gasteiger partial charge in [0, 0.05) is 13.0 Å². The van der Waals surface area contributed by atoms with Gasteiger partial charge >= 0.3 is 0 Å². The SMILES string of the molecule is COC(C)c1nc(N)c(I)c(C2CC2)n1. The zero-order valence-corrected chi connectivity index (χ0v) is 11.0. The standard InChI is InChI=1S/C10H14IN3O/c1-5(15-2)10-13-8(6-3-4-6)7(11)9(12)14-10/h5-6H,3-4H2,1-2H3,(H2,12,13,14). The van der Waals surface area contributed by atoms with Crippen molar-refractivity contribution < 1.29 is 4.74 Å². The van der Waals surface area contributed by atoms with Crippen LogP contribution in [0.15, 0.2) is 0 Å². The van der Waals surface area contributed by atoms with E-state index < -0.39 is 0 Å². The number of aromatic nitrogens is 2. The van der Waals surface area contributed by atoms with Crippen LogP contribution >= 0.6 is 22.6 Å². The first-order chi connectivity index (χ1) is 7.13. The van der Waals surface area contributed by atoms with Crippen molar-refractivity contribution in [1.82, 2.24) is 9.97 Å². The molecule has 1 aromatic heterocycles. The highest BCUT2D eigenvalue weighted by Crippen LogP contribution is 2.42. The Bertz CT molecular complexity index is 379. The monoisotopic (exact) mass is 319 g/mol. The average Bonchev–Trinajstić information content (AvgIpc) is 3.04. The molecule has 1 saturated carbocycles. The van der Waals surface area contributed by atoms with E-state index in [1.54, 1.807) is 7.11 Å². The molecule has 1 heterocycles. The third-order valence-electron chi connectivity index (χ3n) is 2.60. The number of ether oxygens (including phenoxy) is 1. The summed E-state index contributed by atoms with van der Waals surface area (Å²) in [7, 11) is 1.65. The van der Waals surface area contributed by atoms with E-state index in [0.29, 0.717) is 17.6 Å². The molecule has 2 rings (SSSR count). The first kappa shape index (κ1) is 11.1. The highest BCUT2D eigenvalue weighted by molar-refractivity contribution is 14.1. The minimum Gasteiger partial charge on any atom is -0.383 e. The van der Waals surface area contributed by atoms with Gasteiger partial charge < -0.3 is 10.5 Å². The summed E-state index contributed by atoms with van der Waals surface area (Å²) in [6.45, 7) is 1.93. The van der Waals surface area contributed by atoms with Crippen molar-refractivity contribution >= 4 is 28.4 Å². The smallest absolute Gasteiger partial charge is 0.159 e. The van der Waals surface area contributed by atoms with Gasteiger partial charge in [-0.25, -0.2) is 9.97 Å². The number of halogens is 1. The fraction of sp³-hybridized carbons (Fsp3) is 0.600. The van der Waals surface area contributed by atoms with Crippen molar-refractivity contribution in [2.75, 3.05) is 12.8 Å². The highest BCUT2D eigenvalue weighted by Gasteiger charge is 2.29. The summed E-state index contributed by atoms with van der Waals surface area (Å²) < 4.78 is 6.21. The van der Waals surface area contributed by atoms with Gasteiger partial charge in [-0.15, -0.1) is 0 Å². The molecule has 0 spiro atoms. The zero-order valence-electron chi connectivity index (χ0n) is 8.83. The van der Waals surface area contributed by atoms with Gasteiger partial charge in [0.2, 0.25) is 0 Å². The fourth-order valence-corrected chi connectivity index (χ4v) is 2.10. The molecule has 0 radical (unpaired) electrons. The largest absolute Gasteiger partial charge is 0.383 e. The summed E-state index contributed by atoms with van der Waals surface area (Å²) >= 11 is 2.22. The van der Waals surface area contributed by atoms with Crippen LogP contribution < -0.4 is 5.73 Å². The summed E-state index contributed by atoms with van der Waals surface area (Å²) in [5.74, 6) is 1.86. The van der Waals surface area contributed by atoms with E-state index >= 15 is 0 Å². The van der Waals surface area contributed by atoms with Crippen LogP contribution in [-0.4, -0.2) is 17.1 Å². The maximum atomic E-state index is 5.87. The number of nitrogens with two attached hydrogens (primary N) is 1. The lowest BCUT2D eigenvalue weighted by Crippen LogP contribution is -2.10. The van der Waals surface area contributed by atoms with E-state index in [0.717, 1.165) is 9.26 Å². The summed E-state index contributed by atoms with van der Waals surface area (Å²) in [5, 5.41) is 0. The molecule has 0 aliphatic heterocycles. The normalized spacial score (nSPS) is 17.8. The lowest BCUT2D eigenvalue weighted by atomic mass is 10.2. The Morgan fingerprint density at radius 3 is 2.67 bits per heavy atom. The molecule has 1 aliphatic carbocycles. The molecule has 1 unspecified atom stereocenters. The predicted octanol–water partition coefficient (Wildman–Crippen LogP) is 2.25. The second-order valence-corrected chi connectivity index (χ2v) is 4.90. The zero-order chi connectivity index (χ0) is 11.0. The van der Waals surface area contributed by atoms with E-state index in [-0.39, 0.29) is 6.10 Å². The molecule has 1 atom stereocenters. The Balaban J connectivity index is 2.41. The highest BCUT2D eigenvalue weighted by atomic mass is 127. The molecule has 0 saturated heterocycles. The van der Waals surface area contributed by atoms with E-state index in [9.17, 15) is 0 Å². The van der Waals surface area contributed by atoms with Crippen LogP contribution in [0.2, 0.25) is 0 Å². The van der Waals surface area contributed by atoms with Crippen LogP contribution in [0.3, 0.4) is 0 Å². The second kappa shape index (κ2) is 4.21. The molecular weight excluding hydrogens is 305 g/mol. The summed E-state index contributed by atoms with van der Waals surface area (Å²) in [6, 6.07) is 0. The van der Waals surface area contributed by atoms with Crippen LogP contribution in [0.4, 0.5) is 5.82 Å². The summed E-state index contributed by atoms with van der Waals surface area (Å²) in [4.78, 5) is 8.79. The molecule has 0 aromatic carbocycles. The Labute approximate surface area is 103 Å². The number of rotatable bonds is 3. The van der Waals surface area contributed by atoms with Gasteiger partial charge in [-0.3, -0.25) is 0 Å². The predicted molar refractivity (Wildman–Crippen MR) is 66.6 cm³/mol. The molecule has 0 amide bonds. The Hall–Kier alpha value is -0.430. The van der Waals surface area contributed by atoms with Crippen molar-refractivity contribution in [3.63, 3.8) is 0 Å². The molecule has 1 aliphatic rings. The van der Waals surface area contributed by atoms with Gasteiger partial charge in [-0.1, -0.05) is 0 Å². The van der Waals surface area contributed by atoms with Crippen molar-refractivity contribution in [3.8, 4) is 0 Å². The molecule has 1 fully saturated rings. The van der Waals surface area contributed by atoms with E-state index in [2.05, 4.69) is 32.6 Å². The third-order valence-corrected chi connectivity index (χ3v) is 3.71. The van der Waals surface area contributed by atoms with Gasteiger partial charge in [-0.05, 0) is 42.4 Å². The van der Waals surface area contributed by atoms with Gasteiger partial charge in [0.25, 0.3) is 0 Å². The first-order valence-electron chi connectivity index (χ1n) is 4.99. The molecule has 2 N–H and O–H groups in total. The van der Waals surface area contributed by atoms with Gasteiger partial charge in [0.1, 0.15) is 11.9 Å². The van der Waals surface area contributed by atoms with Crippen molar-refractivity contribution in [2.24, 2.45) is 0 Å². The van der Waals surface area contributed by atoms with E-state index in [4.69, 9.17) is 10.5 Å². The summed E-state index contributed by atoms with van der Waals surface area (Å²) in [5.41, 5.74) is 6.96. The van der Waals surface area contributed by atoms with Gasteiger partial charge in [0.05, 0.1) is 9.26 Å². The molecular formula is C10H14IN3O. The maximum absolute atomic E-state index is 5.87. The quantitative estimate of drug-likeness (QED) is 0.868. The maximum Gasteiger partial charge on any atom is 0.159 e. The van der Waals surface area contributed by atoms with E-state index in [1.165, 1.54) is 12.8 Å². The van der Waals surface area contributed by atoms with Gasteiger partial charge in [-0.2, -0.15) is 0 Å². The number of hydrogen-bond acceptors (Lipinski definition) is 4. The lowest BCUT2D eigenvalue weighted by molar-refractivity contribution is 0.112. The van der Waals surface area contributed by atoms with Crippen LogP contribution in [0.25, 0.3) is 0 Å². The van der Waals surface area contributed by atoms with Crippen LogP contribution in [-0.2, 0) is 4.74 Å². The molecule has 82 valence electrons. The third kappa shape index (κ3) is 2.23. The van der Waals surface area contributed by atoms with Crippen molar-refractivity contribution in [3.05, 3.63) is 15.1 Å². The van der Waals surface area contributed by atoms with Crippen LogP contribution in [0.1, 0.15) is 43.3 Å². The molecule has 5 heteroatoms. The number of nitrogen functional groups attached to an aromatic ring is 1. The van der Waals surface area contributed by atoms with Crippen molar-refractivity contribution in [1.29, 1.82) is 0 Å². The minimum atomic E-state index is -0.0956. The molecule has 4 nitrogen and oxygen atoms in total. The summed E-state index contributed by atoms with van der Waals surface area (Å²) in [6.07, 6.45) is 2.34. The number of hydrogen-bond donors (Lipinski definition) is 1. The topological polar surface area (TPSA) is 61.0 Å². The molecule has 15 heavy (non-hydrogen) atoms. The second-order valence-electron chi connectivity index (χ2n) is 3.82. The van der Waals surface area contributed by atoms with E-state index in [1.807, 2.05) is 6.92 Å². The number of anilines is 1.